The fourth-order valence-electron chi connectivity index (χ4n) is 5.73. The number of halogens is 2. The number of pyridine rings is 1. The highest BCUT2D eigenvalue weighted by atomic mass is 19.2. The van der Waals surface area contributed by atoms with E-state index in [4.69, 9.17) is 4.74 Å². The summed E-state index contributed by atoms with van der Waals surface area (Å²) < 4.78 is 35.2. The number of rotatable bonds is 5. The highest BCUT2D eigenvalue weighted by molar-refractivity contribution is 5.78. The van der Waals surface area contributed by atoms with E-state index < -0.39 is 17.6 Å². The smallest absolute Gasteiger partial charge is 0.327 e. The first-order valence-corrected chi connectivity index (χ1v) is 13.2. The lowest BCUT2D eigenvalue weighted by atomic mass is 9.93. The Hall–Kier alpha value is -3.80. The summed E-state index contributed by atoms with van der Waals surface area (Å²) in [5, 5.41) is 3.04. The van der Waals surface area contributed by atoms with Crippen LogP contribution in [-0.2, 0) is 9.53 Å². The quantitative estimate of drug-likeness (QED) is 0.515. The number of aromatic nitrogens is 3. The molecule has 12 heteroatoms. The monoisotopic (exact) mass is 542 g/mol. The van der Waals surface area contributed by atoms with Crippen LogP contribution in [0.3, 0.4) is 0 Å². The number of aromatic amines is 1. The van der Waals surface area contributed by atoms with Gasteiger partial charge in [0.2, 0.25) is 5.91 Å². The van der Waals surface area contributed by atoms with Crippen LogP contribution >= 0.6 is 0 Å². The molecule has 0 unspecified atom stereocenters. The van der Waals surface area contributed by atoms with Gasteiger partial charge in [0.1, 0.15) is 6.61 Å². The minimum absolute atomic E-state index is 0.0542. The standard InChI is InChI=1S/C27H32F2N6O4/c1-39-16-23(36)34-14-17(20-4-2-5-21(28)24(20)29)7-8-18(15-34)31-26(37)33-12-9-19(10-13-33)35-22-6-3-11-30-25(22)32-27(35)38/h2-6,11,17-19H,7-10,12-16H2,1H3,(H,31,37)(H,30,32,38)/t17-,18-/m1/s1. The van der Waals surface area contributed by atoms with Crippen molar-refractivity contribution in [2.75, 3.05) is 39.9 Å². The van der Waals surface area contributed by atoms with Crippen LogP contribution in [0.2, 0.25) is 0 Å². The number of H-pyrrole nitrogens is 1. The molecule has 2 atom stereocenters. The molecular formula is C27H32F2N6O4. The summed E-state index contributed by atoms with van der Waals surface area (Å²) >= 11 is 0. The molecule has 2 aromatic heterocycles. The number of benzene rings is 1. The SMILES string of the molecule is COCC(=O)N1C[C@H](NC(=O)N2CCC(n3c(=O)[nH]c4ncccc43)CC2)CC[C@@H](c2cccc(F)c2F)C1. The van der Waals surface area contributed by atoms with Gasteiger partial charge in [-0.05, 0) is 49.4 Å². The van der Waals surface area contributed by atoms with Gasteiger partial charge < -0.3 is 19.9 Å². The lowest BCUT2D eigenvalue weighted by Gasteiger charge is -2.34. The predicted molar refractivity (Wildman–Crippen MR) is 139 cm³/mol. The Balaban J connectivity index is 1.24. The minimum Gasteiger partial charge on any atom is -0.375 e. The molecular weight excluding hydrogens is 510 g/mol. The normalized spacial score (nSPS) is 20.7. The van der Waals surface area contributed by atoms with Gasteiger partial charge >= 0.3 is 11.7 Å². The van der Waals surface area contributed by atoms with Crippen molar-refractivity contribution in [3.05, 3.63) is 64.2 Å². The molecule has 5 rings (SSSR count). The molecule has 4 heterocycles. The first-order valence-electron chi connectivity index (χ1n) is 13.2. The number of carbonyl (C=O) groups is 2. The van der Waals surface area contributed by atoms with Gasteiger partial charge in [0, 0.05) is 57.5 Å². The molecule has 2 fully saturated rings. The number of amides is 3. The average Bonchev–Trinajstić information content (AvgIpc) is 3.12. The number of ether oxygens (including phenoxy) is 1. The zero-order chi connectivity index (χ0) is 27.5. The van der Waals surface area contributed by atoms with E-state index in [-0.39, 0.29) is 55.0 Å². The molecule has 2 N–H and O–H groups in total. The molecule has 2 saturated heterocycles. The molecule has 2 aliphatic rings. The third kappa shape index (κ3) is 5.65. The van der Waals surface area contributed by atoms with E-state index in [0.717, 1.165) is 11.6 Å². The van der Waals surface area contributed by atoms with Crippen LogP contribution < -0.4 is 11.0 Å². The van der Waals surface area contributed by atoms with Gasteiger partial charge in [0.05, 0.1) is 5.52 Å². The predicted octanol–water partition coefficient (Wildman–Crippen LogP) is 2.77. The number of likely N-dealkylation sites (tertiary alicyclic amines) is 2. The average molecular weight is 543 g/mol. The molecule has 3 aromatic rings. The van der Waals surface area contributed by atoms with Gasteiger partial charge in [-0.1, -0.05) is 12.1 Å². The molecule has 10 nitrogen and oxygen atoms in total. The van der Waals surface area contributed by atoms with Crippen molar-refractivity contribution in [3.8, 4) is 0 Å². The number of nitrogens with one attached hydrogen (secondary N) is 2. The highest BCUT2D eigenvalue weighted by Crippen LogP contribution is 2.30. The van der Waals surface area contributed by atoms with E-state index in [1.807, 2.05) is 6.07 Å². The van der Waals surface area contributed by atoms with Gasteiger partial charge in [-0.2, -0.15) is 0 Å². The topological polar surface area (TPSA) is 113 Å². The van der Waals surface area contributed by atoms with Gasteiger partial charge in [0.25, 0.3) is 0 Å². The maximum absolute atomic E-state index is 14.6. The number of imidazole rings is 1. The van der Waals surface area contributed by atoms with E-state index in [1.54, 1.807) is 32.7 Å². The Morgan fingerprint density at radius 1 is 1.08 bits per heavy atom. The number of methoxy groups -OCH3 is 1. The van der Waals surface area contributed by atoms with Crippen molar-refractivity contribution >= 4 is 23.1 Å². The first kappa shape index (κ1) is 26.8. The number of hydrogen-bond donors (Lipinski definition) is 2. The summed E-state index contributed by atoms with van der Waals surface area (Å²) in [7, 11) is 1.42. The van der Waals surface area contributed by atoms with Crippen molar-refractivity contribution in [1.82, 2.24) is 29.7 Å². The maximum Gasteiger partial charge on any atom is 0.327 e. The Kier molecular flexibility index (Phi) is 7.92. The third-order valence-electron chi connectivity index (χ3n) is 7.72. The zero-order valence-electron chi connectivity index (χ0n) is 21.7. The number of carbonyl (C=O) groups excluding carboxylic acids is 2. The summed E-state index contributed by atoms with van der Waals surface area (Å²) in [5.74, 6) is -2.52. The fourth-order valence-corrected chi connectivity index (χ4v) is 5.73. The van der Waals surface area contributed by atoms with Crippen molar-refractivity contribution < 1.29 is 23.1 Å². The van der Waals surface area contributed by atoms with E-state index in [9.17, 15) is 23.2 Å². The number of fused-ring (bicyclic) bond motifs is 1. The van der Waals surface area contributed by atoms with E-state index in [2.05, 4.69) is 15.3 Å². The minimum atomic E-state index is -0.925. The molecule has 2 aliphatic heterocycles. The molecule has 0 bridgehead atoms. The van der Waals surface area contributed by atoms with E-state index in [1.165, 1.54) is 13.2 Å². The second-order valence-electron chi connectivity index (χ2n) is 10.2. The number of nitrogens with zero attached hydrogens (tertiary/aromatic N) is 4. The second kappa shape index (κ2) is 11.5. The van der Waals surface area contributed by atoms with Crippen LogP contribution in [0.5, 0.6) is 0 Å². The Labute approximate surface area is 223 Å². The maximum atomic E-state index is 14.6. The van der Waals surface area contributed by atoms with E-state index >= 15 is 0 Å². The molecule has 0 spiro atoms. The molecule has 0 aliphatic carbocycles. The number of piperidine rings is 1. The van der Waals surface area contributed by atoms with Gasteiger partial charge in [-0.15, -0.1) is 0 Å². The van der Waals surface area contributed by atoms with Crippen LogP contribution in [0.4, 0.5) is 13.6 Å². The summed E-state index contributed by atoms with van der Waals surface area (Å²) in [5.41, 5.74) is 1.30. The zero-order valence-corrected chi connectivity index (χ0v) is 21.7. The Morgan fingerprint density at radius 2 is 1.87 bits per heavy atom. The molecule has 39 heavy (non-hydrogen) atoms. The molecule has 0 saturated carbocycles. The summed E-state index contributed by atoms with van der Waals surface area (Å²) in [6.07, 6.45) is 3.82. The summed E-state index contributed by atoms with van der Waals surface area (Å²) in [6, 6.07) is 7.05. The van der Waals surface area contributed by atoms with Crippen molar-refractivity contribution in [2.45, 2.75) is 43.7 Å². The van der Waals surface area contributed by atoms with Crippen LogP contribution in [0.25, 0.3) is 11.2 Å². The lowest BCUT2D eigenvalue weighted by Crippen LogP contribution is -2.51. The molecule has 208 valence electrons. The molecule has 3 amide bonds. The highest BCUT2D eigenvalue weighted by Gasteiger charge is 2.32. The largest absolute Gasteiger partial charge is 0.375 e. The van der Waals surface area contributed by atoms with E-state index in [0.29, 0.717) is 44.4 Å². The molecule has 0 radical (unpaired) electrons. The van der Waals surface area contributed by atoms with Crippen molar-refractivity contribution in [1.29, 1.82) is 0 Å². The van der Waals surface area contributed by atoms with Crippen LogP contribution in [-0.4, -0.2) is 82.2 Å². The summed E-state index contributed by atoms with van der Waals surface area (Å²) in [6.45, 7) is 1.23. The van der Waals surface area contributed by atoms with Crippen LogP contribution in [0.15, 0.2) is 41.3 Å². The Morgan fingerprint density at radius 3 is 2.64 bits per heavy atom. The van der Waals surface area contributed by atoms with Gasteiger partial charge in [-0.3, -0.25) is 14.3 Å². The summed E-state index contributed by atoms with van der Waals surface area (Å²) in [4.78, 5) is 48.8. The number of urea groups is 1. The Bertz CT molecular complexity index is 1400. The second-order valence-corrected chi connectivity index (χ2v) is 10.2. The third-order valence-corrected chi connectivity index (χ3v) is 7.72. The first-order chi connectivity index (χ1) is 18.9. The van der Waals surface area contributed by atoms with Crippen LogP contribution in [0, 0.1) is 11.6 Å². The van der Waals surface area contributed by atoms with Gasteiger partial charge in [-0.25, -0.2) is 23.4 Å². The van der Waals surface area contributed by atoms with Crippen molar-refractivity contribution in [3.63, 3.8) is 0 Å². The van der Waals surface area contributed by atoms with Crippen molar-refractivity contribution in [2.24, 2.45) is 0 Å². The number of hydrogen-bond acceptors (Lipinski definition) is 5. The van der Waals surface area contributed by atoms with Gasteiger partial charge in [0.15, 0.2) is 17.3 Å². The lowest BCUT2D eigenvalue weighted by molar-refractivity contribution is -0.135. The van der Waals surface area contributed by atoms with Crippen LogP contribution in [0.1, 0.15) is 43.2 Å². The fraction of sp³-hybridized carbons (Fsp3) is 0.481. The molecule has 1 aromatic carbocycles.